The molecule has 0 fully saturated rings. The summed E-state index contributed by atoms with van der Waals surface area (Å²) in [7, 11) is 0. The number of halogens is 1. The predicted molar refractivity (Wildman–Crippen MR) is 80.7 cm³/mol. The van der Waals surface area contributed by atoms with Gasteiger partial charge in [-0.3, -0.25) is 9.59 Å². The first-order chi connectivity index (χ1) is 9.93. The van der Waals surface area contributed by atoms with Gasteiger partial charge >= 0.3 is 5.97 Å². The summed E-state index contributed by atoms with van der Waals surface area (Å²) in [4.78, 5) is 22.9. The number of phenols is 1. The maximum Gasteiger partial charge on any atom is 0.321 e. The Morgan fingerprint density at radius 3 is 2.71 bits per heavy atom. The molecule has 4 N–H and O–H groups in total. The number of carbonyl (C=O) groups excluding carboxylic acids is 1. The minimum Gasteiger partial charge on any atom is -0.506 e. The molecule has 116 valence electrons. The Labute approximate surface area is 128 Å². The number of carbonyl (C=O) groups is 2. The van der Waals surface area contributed by atoms with Crippen molar-refractivity contribution in [3.8, 4) is 5.75 Å². The van der Waals surface area contributed by atoms with Gasteiger partial charge in [-0.25, -0.2) is 0 Å². The highest BCUT2D eigenvalue weighted by molar-refractivity contribution is 6.31. The summed E-state index contributed by atoms with van der Waals surface area (Å²) in [6.45, 7) is 2.52. The number of aliphatic carboxylic acids is 1. The van der Waals surface area contributed by atoms with E-state index in [0.717, 1.165) is 12.8 Å². The topological polar surface area (TPSA) is 98.7 Å². The summed E-state index contributed by atoms with van der Waals surface area (Å²) in [5.41, 5.74) is 0.158. The summed E-state index contributed by atoms with van der Waals surface area (Å²) in [6.07, 6.45) is 1.54. The average molecular weight is 315 g/mol. The Kier molecular flexibility index (Phi) is 6.98. The summed E-state index contributed by atoms with van der Waals surface area (Å²) in [6, 6.07) is 3.28. The first kappa shape index (κ1) is 17.3. The number of hydrogen-bond donors (Lipinski definition) is 4. The van der Waals surface area contributed by atoms with Crippen molar-refractivity contribution in [3.63, 3.8) is 0 Å². The lowest BCUT2D eigenvalue weighted by Gasteiger charge is -2.14. The standard InChI is InChI=1S/C14H19ClN2O4/c1-2-3-6-16-11(14(20)21)8-13(19)17-10-7-9(15)4-5-12(10)18/h4-5,7,11,16,18H,2-3,6,8H2,1H3,(H,17,19)(H,20,21). The largest absolute Gasteiger partial charge is 0.506 e. The Balaban J connectivity index is 2.61. The number of nitrogens with one attached hydrogen (secondary N) is 2. The van der Waals surface area contributed by atoms with Crippen molar-refractivity contribution in [2.75, 3.05) is 11.9 Å². The molecule has 1 aromatic rings. The molecule has 0 spiro atoms. The van der Waals surface area contributed by atoms with Crippen LogP contribution in [0.15, 0.2) is 18.2 Å². The summed E-state index contributed by atoms with van der Waals surface area (Å²) in [5, 5.41) is 24.3. The second-order valence-electron chi connectivity index (χ2n) is 4.61. The van der Waals surface area contributed by atoms with E-state index in [1.165, 1.54) is 18.2 Å². The van der Waals surface area contributed by atoms with Crippen LogP contribution in [-0.4, -0.2) is 34.7 Å². The molecule has 1 rings (SSSR count). The minimum absolute atomic E-state index is 0.126. The van der Waals surface area contributed by atoms with Crippen molar-refractivity contribution in [1.29, 1.82) is 0 Å². The van der Waals surface area contributed by atoms with E-state index in [2.05, 4.69) is 10.6 Å². The van der Waals surface area contributed by atoms with Gasteiger partial charge in [0.25, 0.3) is 0 Å². The number of amides is 1. The third-order valence-corrected chi connectivity index (χ3v) is 3.08. The van der Waals surface area contributed by atoms with Gasteiger partial charge in [-0.05, 0) is 31.2 Å². The average Bonchev–Trinajstić information content (AvgIpc) is 2.42. The van der Waals surface area contributed by atoms with Crippen LogP contribution < -0.4 is 10.6 Å². The number of hydrogen-bond acceptors (Lipinski definition) is 4. The van der Waals surface area contributed by atoms with E-state index < -0.39 is 17.9 Å². The second-order valence-corrected chi connectivity index (χ2v) is 5.05. The van der Waals surface area contributed by atoms with E-state index in [-0.39, 0.29) is 17.9 Å². The first-order valence-electron chi connectivity index (χ1n) is 6.68. The van der Waals surface area contributed by atoms with Gasteiger partial charge in [-0.2, -0.15) is 0 Å². The summed E-state index contributed by atoms with van der Waals surface area (Å²) in [5.74, 6) is -1.72. The van der Waals surface area contributed by atoms with Gasteiger partial charge in [0.15, 0.2) is 0 Å². The quantitative estimate of drug-likeness (QED) is 0.435. The Hall–Kier alpha value is -1.79. The third kappa shape index (κ3) is 6.01. The zero-order valence-corrected chi connectivity index (χ0v) is 12.5. The first-order valence-corrected chi connectivity index (χ1v) is 7.06. The number of carboxylic acid groups (broad SMARTS) is 1. The summed E-state index contributed by atoms with van der Waals surface area (Å²) >= 11 is 5.77. The molecule has 6 nitrogen and oxygen atoms in total. The lowest BCUT2D eigenvalue weighted by Crippen LogP contribution is -2.40. The van der Waals surface area contributed by atoms with Crippen LogP contribution >= 0.6 is 11.6 Å². The number of aromatic hydroxyl groups is 1. The zero-order chi connectivity index (χ0) is 15.8. The van der Waals surface area contributed by atoms with E-state index in [9.17, 15) is 14.7 Å². The van der Waals surface area contributed by atoms with Gasteiger partial charge in [0, 0.05) is 5.02 Å². The molecular weight excluding hydrogens is 296 g/mol. The molecule has 0 bridgehead atoms. The maximum absolute atomic E-state index is 11.9. The van der Waals surface area contributed by atoms with E-state index in [1.807, 2.05) is 6.92 Å². The summed E-state index contributed by atoms with van der Waals surface area (Å²) < 4.78 is 0. The van der Waals surface area contributed by atoms with Gasteiger partial charge in [0.05, 0.1) is 12.1 Å². The highest BCUT2D eigenvalue weighted by Gasteiger charge is 2.21. The molecule has 7 heteroatoms. The normalized spacial score (nSPS) is 11.9. The lowest BCUT2D eigenvalue weighted by atomic mass is 10.2. The van der Waals surface area contributed by atoms with Gasteiger partial charge in [0.2, 0.25) is 5.91 Å². The van der Waals surface area contributed by atoms with Crippen LogP contribution in [0.1, 0.15) is 26.2 Å². The fourth-order valence-electron chi connectivity index (χ4n) is 1.69. The van der Waals surface area contributed by atoms with Crippen LogP contribution in [-0.2, 0) is 9.59 Å². The smallest absolute Gasteiger partial charge is 0.321 e. The number of anilines is 1. The van der Waals surface area contributed by atoms with Crippen molar-refractivity contribution in [2.24, 2.45) is 0 Å². The third-order valence-electron chi connectivity index (χ3n) is 2.84. The van der Waals surface area contributed by atoms with Crippen LogP contribution in [0.5, 0.6) is 5.75 Å². The molecule has 0 heterocycles. The van der Waals surface area contributed by atoms with Crippen molar-refractivity contribution in [1.82, 2.24) is 5.32 Å². The molecule has 1 amide bonds. The Bertz CT molecular complexity index is 508. The molecule has 1 unspecified atom stereocenters. The van der Waals surface area contributed by atoms with Crippen LogP contribution in [0.4, 0.5) is 5.69 Å². The molecule has 0 radical (unpaired) electrons. The van der Waals surface area contributed by atoms with Gasteiger partial charge in [-0.15, -0.1) is 0 Å². The minimum atomic E-state index is -1.09. The number of unbranched alkanes of at least 4 members (excludes halogenated alkanes) is 1. The number of carboxylic acids is 1. The number of benzene rings is 1. The van der Waals surface area contributed by atoms with E-state index in [4.69, 9.17) is 16.7 Å². The molecule has 0 aromatic heterocycles. The van der Waals surface area contributed by atoms with Crippen molar-refractivity contribution in [3.05, 3.63) is 23.2 Å². The van der Waals surface area contributed by atoms with Gasteiger partial charge in [0.1, 0.15) is 11.8 Å². The molecule has 1 aromatic carbocycles. The predicted octanol–water partition coefficient (Wildman–Crippen LogP) is 2.22. The monoisotopic (exact) mass is 314 g/mol. The van der Waals surface area contributed by atoms with Crippen molar-refractivity contribution < 1.29 is 19.8 Å². The Morgan fingerprint density at radius 1 is 1.38 bits per heavy atom. The fraction of sp³-hybridized carbons (Fsp3) is 0.429. The highest BCUT2D eigenvalue weighted by Crippen LogP contribution is 2.26. The molecule has 0 aliphatic rings. The van der Waals surface area contributed by atoms with Crippen molar-refractivity contribution >= 4 is 29.2 Å². The Morgan fingerprint density at radius 2 is 2.10 bits per heavy atom. The molecule has 0 aliphatic heterocycles. The van der Waals surface area contributed by atoms with Crippen LogP contribution in [0.25, 0.3) is 0 Å². The van der Waals surface area contributed by atoms with Gasteiger partial charge < -0.3 is 20.8 Å². The molecule has 1 atom stereocenters. The van der Waals surface area contributed by atoms with E-state index >= 15 is 0 Å². The SMILES string of the molecule is CCCCNC(CC(=O)Nc1cc(Cl)ccc1O)C(=O)O. The van der Waals surface area contributed by atoms with E-state index in [0.29, 0.717) is 11.6 Å². The molecular formula is C14H19ClN2O4. The molecule has 0 saturated heterocycles. The van der Waals surface area contributed by atoms with E-state index in [1.54, 1.807) is 0 Å². The maximum atomic E-state index is 11.9. The molecule has 0 saturated carbocycles. The molecule has 21 heavy (non-hydrogen) atoms. The van der Waals surface area contributed by atoms with Crippen LogP contribution in [0, 0.1) is 0 Å². The number of rotatable bonds is 8. The van der Waals surface area contributed by atoms with Crippen molar-refractivity contribution in [2.45, 2.75) is 32.2 Å². The highest BCUT2D eigenvalue weighted by atomic mass is 35.5. The van der Waals surface area contributed by atoms with Gasteiger partial charge in [-0.1, -0.05) is 24.9 Å². The zero-order valence-electron chi connectivity index (χ0n) is 11.7. The number of phenolic OH excluding ortho intramolecular Hbond substituents is 1. The second kappa shape index (κ2) is 8.49. The van der Waals surface area contributed by atoms with Crippen LogP contribution in [0.2, 0.25) is 5.02 Å². The lowest BCUT2D eigenvalue weighted by molar-refractivity contribution is -0.141. The molecule has 0 aliphatic carbocycles. The fourth-order valence-corrected chi connectivity index (χ4v) is 1.87. The van der Waals surface area contributed by atoms with Crippen LogP contribution in [0.3, 0.4) is 0 Å².